The SMILES string of the molecule is CN=C(NCc1cccc(C(=O)NC)c1)N1CCC(COCc2ccccc2)C1.I. The van der Waals surface area contributed by atoms with Gasteiger partial charge in [0.15, 0.2) is 5.96 Å². The van der Waals surface area contributed by atoms with Crippen LogP contribution in [0, 0.1) is 5.92 Å². The van der Waals surface area contributed by atoms with Crippen molar-refractivity contribution in [3.63, 3.8) is 0 Å². The van der Waals surface area contributed by atoms with Crippen LogP contribution in [0.1, 0.15) is 27.9 Å². The first kappa shape index (κ1) is 24.1. The van der Waals surface area contributed by atoms with Crippen molar-refractivity contribution in [1.29, 1.82) is 0 Å². The number of aliphatic imine (C=N–C) groups is 1. The van der Waals surface area contributed by atoms with E-state index in [-0.39, 0.29) is 29.9 Å². The van der Waals surface area contributed by atoms with Gasteiger partial charge in [-0.15, -0.1) is 24.0 Å². The van der Waals surface area contributed by atoms with Gasteiger partial charge in [0.2, 0.25) is 0 Å². The monoisotopic (exact) mass is 522 g/mol. The van der Waals surface area contributed by atoms with Gasteiger partial charge < -0.3 is 20.3 Å². The minimum Gasteiger partial charge on any atom is -0.376 e. The van der Waals surface area contributed by atoms with Crippen molar-refractivity contribution in [2.45, 2.75) is 19.6 Å². The van der Waals surface area contributed by atoms with E-state index in [4.69, 9.17) is 4.74 Å². The van der Waals surface area contributed by atoms with E-state index in [9.17, 15) is 4.79 Å². The van der Waals surface area contributed by atoms with E-state index in [1.165, 1.54) is 5.56 Å². The Morgan fingerprint density at radius 2 is 1.93 bits per heavy atom. The lowest BCUT2D eigenvalue weighted by Gasteiger charge is -2.22. The second kappa shape index (κ2) is 12.5. The number of nitrogens with zero attached hydrogens (tertiary/aromatic N) is 2. The molecule has 0 aromatic heterocycles. The molecule has 0 saturated carbocycles. The number of hydrogen-bond donors (Lipinski definition) is 2. The molecular weight excluding hydrogens is 491 g/mol. The minimum absolute atomic E-state index is 0. The van der Waals surface area contributed by atoms with Gasteiger partial charge in [0.05, 0.1) is 13.2 Å². The topological polar surface area (TPSA) is 66.0 Å². The molecule has 0 aliphatic carbocycles. The van der Waals surface area contributed by atoms with Crippen LogP contribution in [0.3, 0.4) is 0 Å². The lowest BCUT2D eigenvalue weighted by Crippen LogP contribution is -2.39. The highest BCUT2D eigenvalue weighted by molar-refractivity contribution is 14.0. The zero-order valence-corrected chi connectivity index (χ0v) is 20.0. The van der Waals surface area contributed by atoms with E-state index in [1.54, 1.807) is 7.05 Å². The van der Waals surface area contributed by atoms with Gasteiger partial charge in [-0.1, -0.05) is 42.5 Å². The fraction of sp³-hybridized carbons (Fsp3) is 0.391. The average Bonchev–Trinajstić information content (AvgIpc) is 3.23. The molecule has 1 amide bonds. The summed E-state index contributed by atoms with van der Waals surface area (Å²) in [6.07, 6.45) is 1.10. The average molecular weight is 522 g/mol. The summed E-state index contributed by atoms with van der Waals surface area (Å²) in [6, 6.07) is 17.9. The van der Waals surface area contributed by atoms with Gasteiger partial charge in [-0.05, 0) is 29.7 Å². The third kappa shape index (κ3) is 6.98. The molecule has 1 aliphatic heterocycles. The Kier molecular flexibility index (Phi) is 10.1. The van der Waals surface area contributed by atoms with Crippen LogP contribution in [-0.4, -0.2) is 50.6 Å². The summed E-state index contributed by atoms with van der Waals surface area (Å²) < 4.78 is 5.92. The predicted molar refractivity (Wildman–Crippen MR) is 131 cm³/mol. The lowest BCUT2D eigenvalue weighted by atomic mass is 10.1. The summed E-state index contributed by atoms with van der Waals surface area (Å²) in [5.74, 6) is 1.32. The fourth-order valence-corrected chi connectivity index (χ4v) is 3.56. The van der Waals surface area contributed by atoms with Crippen LogP contribution in [0.15, 0.2) is 59.6 Å². The van der Waals surface area contributed by atoms with Crippen molar-refractivity contribution in [3.05, 3.63) is 71.3 Å². The van der Waals surface area contributed by atoms with E-state index < -0.39 is 0 Å². The van der Waals surface area contributed by atoms with Crippen molar-refractivity contribution < 1.29 is 9.53 Å². The molecule has 2 aromatic carbocycles. The number of ether oxygens (including phenoxy) is 1. The summed E-state index contributed by atoms with van der Waals surface area (Å²) in [6.45, 7) is 3.95. The van der Waals surface area contributed by atoms with Gasteiger partial charge in [-0.3, -0.25) is 9.79 Å². The molecule has 1 fully saturated rings. The number of likely N-dealkylation sites (tertiary alicyclic amines) is 1. The molecule has 0 spiro atoms. The van der Waals surface area contributed by atoms with E-state index in [0.717, 1.165) is 37.6 Å². The number of amides is 1. The van der Waals surface area contributed by atoms with Gasteiger partial charge in [-0.25, -0.2) is 0 Å². The second-order valence-electron chi connectivity index (χ2n) is 7.28. The van der Waals surface area contributed by atoms with E-state index in [1.807, 2.05) is 49.5 Å². The molecule has 1 atom stereocenters. The molecule has 1 heterocycles. The number of carbonyl (C=O) groups is 1. The fourth-order valence-electron chi connectivity index (χ4n) is 3.56. The highest BCUT2D eigenvalue weighted by Crippen LogP contribution is 2.17. The van der Waals surface area contributed by atoms with Crippen LogP contribution in [0.2, 0.25) is 0 Å². The van der Waals surface area contributed by atoms with Crippen LogP contribution in [0.5, 0.6) is 0 Å². The minimum atomic E-state index is -0.0749. The van der Waals surface area contributed by atoms with Crippen LogP contribution in [0.25, 0.3) is 0 Å². The number of hydrogen-bond acceptors (Lipinski definition) is 3. The summed E-state index contributed by atoms with van der Waals surface area (Å²) in [7, 11) is 3.45. The third-order valence-electron chi connectivity index (χ3n) is 5.13. The number of guanidine groups is 1. The van der Waals surface area contributed by atoms with Crippen molar-refractivity contribution in [2.24, 2.45) is 10.9 Å². The Bertz CT molecular complexity index is 829. The molecule has 2 aromatic rings. The maximum absolute atomic E-state index is 11.8. The molecule has 3 rings (SSSR count). The second-order valence-corrected chi connectivity index (χ2v) is 7.28. The Hall–Kier alpha value is -2.13. The molecule has 30 heavy (non-hydrogen) atoms. The van der Waals surface area contributed by atoms with Crippen molar-refractivity contribution >= 4 is 35.8 Å². The zero-order chi connectivity index (χ0) is 20.5. The number of nitrogens with one attached hydrogen (secondary N) is 2. The van der Waals surface area contributed by atoms with E-state index >= 15 is 0 Å². The molecule has 162 valence electrons. The Balaban J connectivity index is 0.00000320. The Labute approximate surface area is 196 Å². The van der Waals surface area contributed by atoms with Crippen molar-refractivity contribution in [2.75, 3.05) is 33.8 Å². The highest BCUT2D eigenvalue weighted by atomic mass is 127. The molecule has 0 radical (unpaired) electrons. The quantitative estimate of drug-likeness (QED) is 0.333. The van der Waals surface area contributed by atoms with Gasteiger partial charge in [-0.2, -0.15) is 0 Å². The van der Waals surface area contributed by atoms with E-state index in [2.05, 4.69) is 32.7 Å². The van der Waals surface area contributed by atoms with E-state index in [0.29, 0.717) is 24.6 Å². The van der Waals surface area contributed by atoms with Gasteiger partial charge in [0.1, 0.15) is 0 Å². The van der Waals surface area contributed by atoms with Crippen LogP contribution in [-0.2, 0) is 17.9 Å². The largest absolute Gasteiger partial charge is 0.376 e. The standard InChI is InChI=1S/C23H30N4O2.HI/c1-24-22(28)21-10-6-9-19(13-21)14-26-23(25-2)27-12-11-20(15-27)17-29-16-18-7-4-3-5-8-18;/h3-10,13,20H,11-12,14-17H2,1-2H3,(H,24,28)(H,25,26);1H. The number of rotatable bonds is 7. The molecule has 2 N–H and O–H groups in total. The van der Waals surface area contributed by atoms with Crippen LogP contribution in [0.4, 0.5) is 0 Å². The first-order valence-corrected chi connectivity index (χ1v) is 10.1. The predicted octanol–water partition coefficient (Wildman–Crippen LogP) is 3.28. The summed E-state index contributed by atoms with van der Waals surface area (Å²) in [5.41, 5.74) is 2.92. The maximum Gasteiger partial charge on any atom is 0.251 e. The maximum atomic E-state index is 11.8. The summed E-state index contributed by atoms with van der Waals surface area (Å²) in [5, 5.41) is 6.08. The number of benzene rings is 2. The number of halogens is 1. The van der Waals surface area contributed by atoms with Crippen molar-refractivity contribution in [1.82, 2.24) is 15.5 Å². The summed E-state index contributed by atoms with van der Waals surface area (Å²) >= 11 is 0. The highest BCUT2D eigenvalue weighted by Gasteiger charge is 2.25. The molecule has 1 saturated heterocycles. The first-order valence-electron chi connectivity index (χ1n) is 10.1. The molecule has 1 unspecified atom stereocenters. The summed E-state index contributed by atoms with van der Waals surface area (Å²) in [4.78, 5) is 18.5. The van der Waals surface area contributed by atoms with Gasteiger partial charge >= 0.3 is 0 Å². The smallest absolute Gasteiger partial charge is 0.251 e. The van der Waals surface area contributed by atoms with Crippen molar-refractivity contribution in [3.8, 4) is 0 Å². The Morgan fingerprint density at radius 3 is 2.67 bits per heavy atom. The molecule has 1 aliphatic rings. The molecule has 0 bridgehead atoms. The van der Waals surface area contributed by atoms with Crippen LogP contribution < -0.4 is 10.6 Å². The molecular formula is C23H31IN4O2. The van der Waals surface area contributed by atoms with Gasteiger partial charge in [0.25, 0.3) is 5.91 Å². The normalized spacial score (nSPS) is 16.1. The lowest BCUT2D eigenvalue weighted by molar-refractivity contribution is 0.0906. The first-order chi connectivity index (χ1) is 14.2. The third-order valence-corrected chi connectivity index (χ3v) is 5.13. The van der Waals surface area contributed by atoms with Gasteiger partial charge in [0, 0.05) is 45.2 Å². The zero-order valence-electron chi connectivity index (χ0n) is 17.6. The molecule has 6 nitrogen and oxygen atoms in total. The van der Waals surface area contributed by atoms with Crippen LogP contribution >= 0.6 is 24.0 Å². The Morgan fingerprint density at radius 1 is 1.17 bits per heavy atom. The molecule has 7 heteroatoms. The number of carbonyl (C=O) groups excluding carboxylic acids is 1.